The van der Waals surface area contributed by atoms with Crippen molar-refractivity contribution in [1.82, 2.24) is 0 Å². The lowest BCUT2D eigenvalue weighted by Gasteiger charge is -2.16. The average Bonchev–Trinajstić information content (AvgIpc) is 2.47. The number of benzene rings is 2. The van der Waals surface area contributed by atoms with Crippen LogP contribution in [-0.4, -0.2) is 19.1 Å². The lowest BCUT2D eigenvalue weighted by Crippen LogP contribution is -2.30. The SMILES string of the molecule is COc1ccc(Cl)cc1NC(=O)[C@H](C)Oc1cccc(Br)c1. The average molecular weight is 385 g/mol. The molecule has 0 radical (unpaired) electrons. The topological polar surface area (TPSA) is 47.6 Å². The molecular formula is C16H15BrClNO3. The molecular weight excluding hydrogens is 370 g/mol. The molecule has 0 aliphatic carbocycles. The Morgan fingerprint density at radius 3 is 2.73 bits per heavy atom. The fourth-order valence-electron chi connectivity index (χ4n) is 1.81. The number of carbonyl (C=O) groups excluding carboxylic acids is 1. The maximum absolute atomic E-state index is 12.2. The third-order valence-corrected chi connectivity index (χ3v) is 3.63. The Morgan fingerprint density at radius 1 is 1.27 bits per heavy atom. The summed E-state index contributed by atoms with van der Waals surface area (Å²) in [5.41, 5.74) is 0.504. The summed E-state index contributed by atoms with van der Waals surface area (Å²) in [5.74, 6) is 0.850. The molecule has 4 nitrogen and oxygen atoms in total. The molecule has 0 aromatic heterocycles. The Kier molecular flexibility index (Phi) is 5.69. The molecule has 0 saturated carbocycles. The highest BCUT2D eigenvalue weighted by Gasteiger charge is 2.17. The van der Waals surface area contributed by atoms with Gasteiger partial charge in [0.1, 0.15) is 11.5 Å². The Labute approximate surface area is 142 Å². The zero-order chi connectivity index (χ0) is 16.1. The van der Waals surface area contributed by atoms with E-state index in [4.69, 9.17) is 21.1 Å². The van der Waals surface area contributed by atoms with Crippen molar-refractivity contribution in [2.75, 3.05) is 12.4 Å². The van der Waals surface area contributed by atoms with Crippen molar-refractivity contribution in [3.05, 3.63) is 52.0 Å². The summed E-state index contributed by atoms with van der Waals surface area (Å²) in [4.78, 5) is 12.2. The second kappa shape index (κ2) is 7.51. The van der Waals surface area contributed by atoms with Gasteiger partial charge < -0.3 is 14.8 Å². The summed E-state index contributed by atoms with van der Waals surface area (Å²) in [5, 5.41) is 3.26. The second-order valence-corrected chi connectivity index (χ2v) is 5.90. The molecule has 0 bridgehead atoms. The van der Waals surface area contributed by atoms with Gasteiger partial charge in [-0.15, -0.1) is 0 Å². The first-order valence-corrected chi connectivity index (χ1v) is 7.73. The number of amides is 1. The van der Waals surface area contributed by atoms with Crippen molar-refractivity contribution in [1.29, 1.82) is 0 Å². The zero-order valence-electron chi connectivity index (χ0n) is 12.1. The minimum Gasteiger partial charge on any atom is -0.495 e. The van der Waals surface area contributed by atoms with Crippen LogP contribution in [0.25, 0.3) is 0 Å². The van der Waals surface area contributed by atoms with Crippen LogP contribution in [0.15, 0.2) is 46.9 Å². The van der Waals surface area contributed by atoms with E-state index in [9.17, 15) is 4.79 Å². The zero-order valence-corrected chi connectivity index (χ0v) is 14.4. The standard InChI is InChI=1S/C16H15BrClNO3/c1-10(22-13-5-3-4-11(17)8-13)16(20)19-14-9-12(18)6-7-15(14)21-2/h3-10H,1-2H3,(H,19,20)/t10-/m0/s1. The second-order valence-electron chi connectivity index (χ2n) is 4.55. The minimum absolute atomic E-state index is 0.291. The van der Waals surface area contributed by atoms with E-state index < -0.39 is 6.10 Å². The molecule has 2 aromatic rings. The molecule has 1 amide bonds. The third kappa shape index (κ3) is 4.39. The number of halogens is 2. The maximum Gasteiger partial charge on any atom is 0.265 e. The van der Waals surface area contributed by atoms with Gasteiger partial charge in [0.2, 0.25) is 0 Å². The van der Waals surface area contributed by atoms with Crippen molar-refractivity contribution in [2.24, 2.45) is 0 Å². The number of rotatable bonds is 5. The monoisotopic (exact) mass is 383 g/mol. The number of hydrogen-bond donors (Lipinski definition) is 1. The van der Waals surface area contributed by atoms with Gasteiger partial charge in [0.25, 0.3) is 5.91 Å². The van der Waals surface area contributed by atoms with Gasteiger partial charge in [-0.05, 0) is 43.3 Å². The van der Waals surface area contributed by atoms with Crippen molar-refractivity contribution in [3.63, 3.8) is 0 Å². The predicted octanol–water partition coefficient (Wildman–Crippen LogP) is 4.52. The Hall–Kier alpha value is -1.72. The highest BCUT2D eigenvalue weighted by molar-refractivity contribution is 9.10. The Morgan fingerprint density at radius 2 is 2.05 bits per heavy atom. The molecule has 6 heteroatoms. The number of nitrogens with one attached hydrogen (secondary N) is 1. The molecule has 0 unspecified atom stereocenters. The number of methoxy groups -OCH3 is 1. The van der Waals surface area contributed by atoms with Crippen LogP contribution in [0.2, 0.25) is 5.02 Å². The summed E-state index contributed by atoms with van der Waals surface area (Å²) in [6, 6.07) is 12.3. The van der Waals surface area contributed by atoms with Gasteiger partial charge in [0, 0.05) is 9.50 Å². The van der Waals surface area contributed by atoms with Crippen LogP contribution in [0.5, 0.6) is 11.5 Å². The molecule has 2 aromatic carbocycles. The van der Waals surface area contributed by atoms with E-state index in [0.717, 1.165) is 4.47 Å². The summed E-state index contributed by atoms with van der Waals surface area (Å²) >= 11 is 9.30. The summed E-state index contributed by atoms with van der Waals surface area (Å²) < 4.78 is 11.7. The van der Waals surface area contributed by atoms with Crippen LogP contribution in [0.4, 0.5) is 5.69 Å². The molecule has 1 atom stereocenters. The van der Waals surface area contributed by atoms with E-state index in [2.05, 4.69) is 21.2 Å². The van der Waals surface area contributed by atoms with Crippen LogP contribution < -0.4 is 14.8 Å². The van der Waals surface area contributed by atoms with Crippen molar-refractivity contribution < 1.29 is 14.3 Å². The molecule has 1 N–H and O–H groups in total. The minimum atomic E-state index is -0.669. The van der Waals surface area contributed by atoms with Gasteiger partial charge in [-0.3, -0.25) is 4.79 Å². The first-order valence-electron chi connectivity index (χ1n) is 6.56. The number of carbonyl (C=O) groups is 1. The summed E-state index contributed by atoms with van der Waals surface area (Å²) in [6.07, 6.45) is -0.669. The number of anilines is 1. The largest absolute Gasteiger partial charge is 0.495 e. The summed E-state index contributed by atoms with van der Waals surface area (Å²) in [6.45, 7) is 1.67. The van der Waals surface area contributed by atoms with E-state index >= 15 is 0 Å². The van der Waals surface area contributed by atoms with Crippen LogP contribution in [0, 0.1) is 0 Å². The van der Waals surface area contributed by atoms with E-state index in [1.807, 2.05) is 12.1 Å². The van der Waals surface area contributed by atoms with Gasteiger partial charge in [-0.25, -0.2) is 0 Å². The first-order chi connectivity index (χ1) is 10.5. The quantitative estimate of drug-likeness (QED) is 0.824. The number of ether oxygens (including phenoxy) is 2. The molecule has 0 spiro atoms. The smallest absolute Gasteiger partial charge is 0.265 e. The van der Waals surface area contributed by atoms with Crippen molar-refractivity contribution >= 4 is 39.1 Å². The third-order valence-electron chi connectivity index (χ3n) is 2.90. The highest BCUT2D eigenvalue weighted by atomic mass is 79.9. The molecule has 0 aliphatic rings. The maximum atomic E-state index is 12.2. The van der Waals surface area contributed by atoms with Crippen molar-refractivity contribution in [2.45, 2.75) is 13.0 Å². The van der Waals surface area contributed by atoms with Crippen LogP contribution in [0.3, 0.4) is 0 Å². The normalized spacial score (nSPS) is 11.6. The van der Waals surface area contributed by atoms with Crippen molar-refractivity contribution in [3.8, 4) is 11.5 Å². The van der Waals surface area contributed by atoms with Gasteiger partial charge in [0.15, 0.2) is 6.10 Å². The molecule has 0 heterocycles. The van der Waals surface area contributed by atoms with E-state index in [-0.39, 0.29) is 5.91 Å². The van der Waals surface area contributed by atoms with Crippen LogP contribution in [-0.2, 0) is 4.79 Å². The van der Waals surface area contributed by atoms with E-state index in [0.29, 0.717) is 22.2 Å². The fraction of sp³-hybridized carbons (Fsp3) is 0.188. The number of hydrogen-bond acceptors (Lipinski definition) is 3. The van der Waals surface area contributed by atoms with Crippen LogP contribution in [0.1, 0.15) is 6.92 Å². The molecule has 2 rings (SSSR count). The molecule has 116 valence electrons. The lowest BCUT2D eigenvalue weighted by atomic mass is 10.2. The van der Waals surface area contributed by atoms with E-state index in [1.165, 1.54) is 7.11 Å². The van der Waals surface area contributed by atoms with Gasteiger partial charge in [-0.2, -0.15) is 0 Å². The Balaban J connectivity index is 2.07. The molecule has 0 saturated heterocycles. The highest BCUT2D eigenvalue weighted by Crippen LogP contribution is 2.28. The first kappa shape index (κ1) is 16.6. The molecule has 22 heavy (non-hydrogen) atoms. The predicted molar refractivity (Wildman–Crippen MR) is 90.9 cm³/mol. The molecule has 0 fully saturated rings. The van der Waals surface area contributed by atoms with Gasteiger partial charge in [-0.1, -0.05) is 33.6 Å². The van der Waals surface area contributed by atoms with E-state index in [1.54, 1.807) is 37.3 Å². The Bertz CT molecular complexity index is 678. The lowest BCUT2D eigenvalue weighted by molar-refractivity contribution is -0.122. The summed E-state index contributed by atoms with van der Waals surface area (Å²) in [7, 11) is 1.53. The van der Waals surface area contributed by atoms with Gasteiger partial charge >= 0.3 is 0 Å². The fourth-order valence-corrected chi connectivity index (χ4v) is 2.36. The van der Waals surface area contributed by atoms with Gasteiger partial charge in [0.05, 0.1) is 12.8 Å². The molecule has 0 aliphatic heterocycles. The van der Waals surface area contributed by atoms with Crippen LogP contribution >= 0.6 is 27.5 Å².